The van der Waals surface area contributed by atoms with Crippen molar-refractivity contribution < 1.29 is 4.79 Å². The molecule has 1 amide bonds. The van der Waals surface area contributed by atoms with Gasteiger partial charge in [-0.05, 0) is 61.5 Å². The molecule has 0 saturated heterocycles. The highest BCUT2D eigenvalue weighted by Gasteiger charge is 2.29. The highest BCUT2D eigenvalue weighted by atomic mass is 35.5. The van der Waals surface area contributed by atoms with E-state index in [9.17, 15) is 4.79 Å². The molecule has 1 N–H and O–H groups in total. The molecular formula is C19H22ClN3OS. The summed E-state index contributed by atoms with van der Waals surface area (Å²) >= 11 is 1.82. The lowest BCUT2D eigenvalue weighted by Crippen LogP contribution is -2.44. The van der Waals surface area contributed by atoms with Crippen LogP contribution in [0.3, 0.4) is 0 Å². The number of fused-ring (bicyclic) bond motifs is 1. The number of amides is 1. The van der Waals surface area contributed by atoms with Gasteiger partial charge in [0.15, 0.2) is 0 Å². The maximum absolute atomic E-state index is 12.2. The van der Waals surface area contributed by atoms with Crippen molar-refractivity contribution >= 4 is 29.7 Å². The summed E-state index contributed by atoms with van der Waals surface area (Å²) in [5.74, 6) is -0.0892. The van der Waals surface area contributed by atoms with Crippen LogP contribution >= 0.6 is 23.7 Å². The van der Waals surface area contributed by atoms with Gasteiger partial charge in [-0.2, -0.15) is 5.26 Å². The Morgan fingerprint density at radius 2 is 2.04 bits per heavy atom. The zero-order chi connectivity index (χ0) is 17.1. The van der Waals surface area contributed by atoms with E-state index in [2.05, 4.69) is 41.6 Å². The molecule has 3 rings (SSSR count). The molecular weight excluding hydrogens is 354 g/mol. The molecule has 6 heteroatoms. The molecule has 1 aromatic heterocycles. The molecule has 0 aliphatic carbocycles. The highest BCUT2D eigenvalue weighted by molar-refractivity contribution is 7.10. The average Bonchev–Trinajstić information content (AvgIpc) is 3.06. The first kappa shape index (κ1) is 19.5. The lowest BCUT2D eigenvalue weighted by molar-refractivity contribution is 0.0930. The SMILES string of the molecule is CC1Cc2ccsc2C(C)N1CCNC(=O)c1ccc(C#N)cc1.Cl. The van der Waals surface area contributed by atoms with E-state index < -0.39 is 0 Å². The predicted octanol–water partition coefficient (Wildman–Crippen LogP) is 3.78. The van der Waals surface area contributed by atoms with Crippen molar-refractivity contribution in [1.82, 2.24) is 10.2 Å². The number of carbonyl (C=O) groups excluding carboxylic acids is 1. The van der Waals surface area contributed by atoms with Crippen LogP contribution in [0.1, 0.15) is 46.3 Å². The van der Waals surface area contributed by atoms with Gasteiger partial charge >= 0.3 is 0 Å². The zero-order valence-corrected chi connectivity index (χ0v) is 16.0. The van der Waals surface area contributed by atoms with Crippen molar-refractivity contribution in [1.29, 1.82) is 5.26 Å². The summed E-state index contributed by atoms with van der Waals surface area (Å²) in [6, 6.07) is 11.9. The predicted molar refractivity (Wildman–Crippen MR) is 103 cm³/mol. The van der Waals surface area contributed by atoms with Crippen LogP contribution in [0.25, 0.3) is 0 Å². The van der Waals surface area contributed by atoms with Crippen LogP contribution in [0.5, 0.6) is 0 Å². The van der Waals surface area contributed by atoms with Gasteiger partial charge in [-0.15, -0.1) is 23.7 Å². The Morgan fingerprint density at radius 1 is 1.32 bits per heavy atom. The maximum atomic E-state index is 12.2. The molecule has 2 aromatic rings. The fraction of sp³-hybridized carbons (Fsp3) is 0.368. The van der Waals surface area contributed by atoms with Crippen LogP contribution < -0.4 is 5.32 Å². The lowest BCUT2D eigenvalue weighted by atomic mass is 9.97. The van der Waals surface area contributed by atoms with E-state index in [0.717, 1.165) is 13.0 Å². The van der Waals surface area contributed by atoms with Crippen molar-refractivity contribution in [3.8, 4) is 6.07 Å². The smallest absolute Gasteiger partial charge is 0.251 e. The molecule has 0 fully saturated rings. The molecule has 0 bridgehead atoms. The maximum Gasteiger partial charge on any atom is 0.251 e. The normalized spacial score (nSPS) is 19.4. The van der Waals surface area contributed by atoms with Gasteiger partial charge in [0, 0.05) is 35.6 Å². The fourth-order valence-electron chi connectivity index (χ4n) is 3.36. The van der Waals surface area contributed by atoms with Crippen LogP contribution in [-0.2, 0) is 6.42 Å². The molecule has 2 heterocycles. The molecule has 2 atom stereocenters. The molecule has 4 nitrogen and oxygen atoms in total. The minimum absolute atomic E-state index is 0. The Balaban J connectivity index is 0.00000225. The second kappa shape index (κ2) is 8.48. The van der Waals surface area contributed by atoms with Crippen molar-refractivity contribution in [2.45, 2.75) is 32.4 Å². The Labute approximate surface area is 158 Å². The van der Waals surface area contributed by atoms with Gasteiger partial charge in [0.2, 0.25) is 0 Å². The van der Waals surface area contributed by atoms with Crippen LogP contribution in [0.2, 0.25) is 0 Å². The Kier molecular flexibility index (Phi) is 6.60. The van der Waals surface area contributed by atoms with Gasteiger partial charge in [-0.1, -0.05) is 0 Å². The summed E-state index contributed by atoms with van der Waals surface area (Å²) in [4.78, 5) is 16.1. The number of benzene rings is 1. The third kappa shape index (κ3) is 4.21. The number of carbonyl (C=O) groups is 1. The summed E-state index contributed by atoms with van der Waals surface area (Å²) in [6.45, 7) is 5.95. The second-order valence-corrected chi connectivity index (χ2v) is 7.17. The van der Waals surface area contributed by atoms with E-state index in [1.54, 1.807) is 24.3 Å². The largest absolute Gasteiger partial charge is 0.351 e. The summed E-state index contributed by atoms with van der Waals surface area (Å²) in [6.07, 6.45) is 1.08. The van der Waals surface area contributed by atoms with Crippen molar-refractivity contribution in [3.63, 3.8) is 0 Å². The van der Waals surface area contributed by atoms with Gasteiger partial charge in [0.05, 0.1) is 11.6 Å². The number of hydrogen-bond donors (Lipinski definition) is 1. The van der Waals surface area contributed by atoms with Crippen LogP contribution in [0, 0.1) is 11.3 Å². The first-order chi connectivity index (χ1) is 11.6. The standard InChI is InChI=1S/C19H21N3OS.ClH/c1-13-11-17-7-10-24-18(17)14(2)22(13)9-8-21-19(23)16-5-3-15(12-20)4-6-16;/h3-7,10,13-14H,8-9,11H2,1-2H3,(H,21,23);1H. The lowest BCUT2D eigenvalue weighted by Gasteiger charge is -2.38. The first-order valence-corrected chi connectivity index (χ1v) is 9.08. The number of nitriles is 1. The van der Waals surface area contributed by atoms with E-state index in [0.29, 0.717) is 29.8 Å². The summed E-state index contributed by atoms with van der Waals surface area (Å²) in [5, 5.41) is 14.0. The molecule has 1 aliphatic heterocycles. The van der Waals surface area contributed by atoms with Crippen molar-refractivity contribution in [2.24, 2.45) is 0 Å². The Bertz CT molecular complexity index is 766. The highest BCUT2D eigenvalue weighted by Crippen LogP contribution is 2.35. The third-order valence-corrected chi connectivity index (χ3v) is 5.80. The number of nitrogens with zero attached hydrogens (tertiary/aromatic N) is 2. The van der Waals surface area contributed by atoms with Crippen molar-refractivity contribution in [2.75, 3.05) is 13.1 Å². The van der Waals surface area contributed by atoms with E-state index in [4.69, 9.17) is 5.26 Å². The van der Waals surface area contributed by atoms with E-state index in [-0.39, 0.29) is 18.3 Å². The zero-order valence-electron chi connectivity index (χ0n) is 14.4. The van der Waals surface area contributed by atoms with Gasteiger partial charge in [0.25, 0.3) is 5.91 Å². The molecule has 1 aromatic carbocycles. The van der Waals surface area contributed by atoms with Crippen molar-refractivity contribution in [3.05, 3.63) is 57.3 Å². The number of hydrogen-bond acceptors (Lipinski definition) is 4. The second-order valence-electron chi connectivity index (χ2n) is 6.22. The fourth-order valence-corrected chi connectivity index (χ4v) is 4.38. The topological polar surface area (TPSA) is 56.1 Å². The van der Waals surface area contributed by atoms with Gasteiger partial charge in [-0.25, -0.2) is 0 Å². The van der Waals surface area contributed by atoms with Gasteiger partial charge in [-0.3, -0.25) is 9.69 Å². The number of halogens is 1. The monoisotopic (exact) mass is 375 g/mol. The molecule has 1 aliphatic rings. The summed E-state index contributed by atoms with van der Waals surface area (Å²) < 4.78 is 0. The molecule has 0 radical (unpaired) electrons. The Morgan fingerprint density at radius 3 is 2.72 bits per heavy atom. The minimum atomic E-state index is -0.0892. The number of nitrogens with one attached hydrogen (secondary N) is 1. The van der Waals surface area contributed by atoms with Crippen LogP contribution in [-0.4, -0.2) is 29.9 Å². The average molecular weight is 376 g/mol. The molecule has 0 spiro atoms. The van der Waals surface area contributed by atoms with Gasteiger partial charge < -0.3 is 5.32 Å². The quantitative estimate of drug-likeness (QED) is 0.884. The van der Waals surface area contributed by atoms with E-state index in [1.807, 2.05) is 11.3 Å². The summed E-state index contributed by atoms with van der Waals surface area (Å²) in [5.41, 5.74) is 2.63. The molecule has 25 heavy (non-hydrogen) atoms. The summed E-state index contributed by atoms with van der Waals surface area (Å²) in [7, 11) is 0. The van der Waals surface area contributed by atoms with E-state index >= 15 is 0 Å². The molecule has 2 unspecified atom stereocenters. The van der Waals surface area contributed by atoms with Gasteiger partial charge in [0.1, 0.15) is 0 Å². The third-order valence-electron chi connectivity index (χ3n) is 4.67. The van der Waals surface area contributed by atoms with Crippen LogP contribution in [0.4, 0.5) is 0 Å². The van der Waals surface area contributed by atoms with Crippen LogP contribution in [0.15, 0.2) is 35.7 Å². The molecule has 0 saturated carbocycles. The Hall–Kier alpha value is -1.87. The number of rotatable bonds is 4. The van der Waals surface area contributed by atoms with E-state index in [1.165, 1.54) is 10.4 Å². The number of thiophene rings is 1. The first-order valence-electron chi connectivity index (χ1n) is 8.20. The molecule has 132 valence electrons. The minimum Gasteiger partial charge on any atom is -0.351 e.